The summed E-state index contributed by atoms with van der Waals surface area (Å²) in [5, 5.41) is 15.9. The van der Waals surface area contributed by atoms with Crippen molar-refractivity contribution in [2.24, 2.45) is 11.7 Å². The summed E-state index contributed by atoms with van der Waals surface area (Å²) >= 11 is 3.53. The van der Waals surface area contributed by atoms with Crippen molar-refractivity contribution in [3.05, 3.63) is 30.5 Å². The monoisotopic (exact) mass is 384 g/mol. The van der Waals surface area contributed by atoms with Crippen molar-refractivity contribution in [2.45, 2.75) is 12.8 Å². The van der Waals surface area contributed by atoms with Gasteiger partial charge in [0.25, 0.3) is 0 Å². The summed E-state index contributed by atoms with van der Waals surface area (Å²) in [5.41, 5.74) is 7.20. The Kier molecular flexibility index (Phi) is 7.98. The molecule has 0 aromatic carbocycles. The molecule has 0 saturated carbocycles. The summed E-state index contributed by atoms with van der Waals surface area (Å²) in [6.45, 7) is 2.59. The van der Waals surface area contributed by atoms with Crippen molar-refractivity contribution in [1.29, 1.82) is 10.7 Å². The number of aromatic amines is 1. The van der Waals surface area contributed by atoms with Crippen molar-refractivity contribution in [3.8, 4) is 17.5 Å². The normalized spacial score (nSPS) is 16.5. The van der Waals surface area contributed by atoms with Crippen molar-refractivity contribution in [3.63, 3.8) is 0 Å². The smallest absolute Gasteiger partial charge is 0.132 e. The minimum Gasteiger partial charge on any atom is -0.356 e. The van der Waals surface area contributed by atoms with Gasteiger partial charge in [0.1, 0.15) is 29.8 Å². The molecule has 1 aliphatic rings. The molecule has 27 heavy (non-hydrogen) atoms. The van der Waals surface area contributed by atoms with Crippen LogP contribution in [0, 0.1) is 22.7 Å². The van der Waals surface area contributed by atoms with Crippen LogP contribution >= 0.6 is 12.6 Å². The molecule has 0 spiro atoms. The van der Waals surface area contributed by atoms with Gasteiger partial charge in [-0.05, 0) is 43.7 Å². The second kappa shape index (κ2) is 10.4. The van der Waals surface area contributed by atoms with Crippen LogP contribution < -0.4 is 10.6 Å². The number of aromatic nitrogens is 4. The Hall–Kier alpha value is -2.70. The van der Waals surface area contributed by atoms with Gasteiger partial charge in [-0.15, -0.1) is 0 Å². The number of allylic oxidation sites excluding steroid dienone is 1. The molecular formula is C18H24N8S. The second-order valence-corrected chi connectivity index (χ2v) is 5.99. The van der Waals surface area contributed by atoms with Crippen LogP contribution in [0.5, 0.6) is 0 Å². The highest BCUT2D eigenvalue weighted by molar-refractivity contribution is 7.79. The maximum absolute atomic E-state index is 8.60. The number of nitrogens with two attached hydrogens (primary N) is 1. The molecule has 3 heterocycles. The number of nitrogens with one attached hydrogen (secondary N) is 2. The first kappa shape index (κ1) is 20.6. The topological polar surface area (TPSA) is 131 Å². The lowest BCUT2D eigenvalue weighted by Crippen LogP contribution is -2.38. The predicted molar refractivity (Wildman–Crippen MR) is 111 cm³/mol. The number of piperidine rings is 1. The standard InChI is InChI=1S/C17H20N8.CH4S/c18-7-12-2-1-5-25(10-12)17-6-14(22-11-23-17)15-9-21-16(24-15)4-3-13(20)8-19;1-2/h3-4,6,9,11-12,20H,1-2,5,7,10,18H2,(H,21,24);2H,1H3/b4-3-,20-13?;. The van der Waals surface area contributed by atoms with Crippen LogP contribution in [0.2, 0.25) is 0 Å². The number of nitrogens with zero attached hydrogens (tertiary/aromatic N) is 5. The summed E-state index contributed by atoms with van der Waals surface area (Å²) in [6, 6.07) is 3.69. The van der Waals surface area contributed by atoms with E-state index in [0.717, 1.165) is 36.7 Å². The molecule has 1 aliphatic heterocycles. The number of hydrogen-bond donors (Lipinski definition) is 4. The molecule has 8 nitrogen and oxygen atoms in total. The molecule has 4 N–H and O–H groups in total. The van der Waals surface area contributed by atoms with Gasteiger partial charge in [0, 0.05) is 19.2 Å². The lowest BCUT2D eigenvalue weighted by molar-refractivity contribution is 0.421. The molecule has 9 heteroatoms. The fraction of sp³-hybridized carbons (Fsp3) is 0.389. The fourth-order valence-corrected chi connectivity index (χ4v) is 2.88. The number of nitriles is 1. The van der Waals surface area contributed by atoms with Gasteiger partial charge in [0.15, 0.2) is 0 Å². The Bertz CT molecular complexity index is 823. The number of imidazole rings is 1. The molecular weight excluding hydrogens is 360 g/mol. The molecule has 1 fully saturated rings. The summed E-state index contributed by atoms with van der Waals surface area (Å²) in [5.74, 6) is 1.96. The summed E-state index contributed by atoms with van der Waals surface area (Å²) in [6.07, 6.45) is 10.2. The molecule has 0 amide bonds. The lowest BCUT2D eigenvalue weighted by atomic mass is 9.98. The molecule has 142 valence electrons. The summed E-state index contributed by atoms with van der Waals surface area (Å²) < 4.78 is 0. The third-order valence-electron chi connectivity index (χ3n) is 4.23. The number of thiol groups is 1. The van der Waals surface area contributed by atoms with E-state index in [1.54, 1.807) is 30.9 Å². The zero-order valence-electron chi connectivity index (χ0n) is 15.3. The van der Waals surface area contributed by atoms with Crippen molar-refractivity contribution in [2.75, 3.05) is 30.8 Å². The molecule has 1 saturated heterocycles. The van der Waals surface area contributed by atoms with E-state index in [-0.39, 0.29) is 5.71 Å². The van der Waals surface area contributed by atoms with Gasteiger partial charge in [-0.1, -0.05) is 0 Å². The summed E-state index contributed by atoms with van der Waals surface area (Å²) in [4.78, 5) is 18.3. The number of anilines is 1. The zero-order chi connectivity index (χ0) is 19.6. The third kappa shape index (κ3) is 5.64. The molecule has 2 aromatic heterocycles. The quantitative estimate of drug-likeness (QED) is 0.461. The van der Waals surface area contributed by atoms with Gasteiger partial charge in [0.05, 0.1) is 17.6 Å². The number of hydrogen-bond acceptors (Lipinski definition) is 8. The summed E-state index contributed by atoms with van der Waals surface area (Å²) in [7, 11) is 0. The molecule has 0 bridgehead atoms. The van der Waals surface area contributed by atoms with Gasteiger partial charge < -0.3 is 15.6 Å². The van der Waals surface area contributed by atoms with E-state index in [9.17, 15) is 0 Å². The second-order valence-electron chi connectivity index (χ2n) is 5.99. The highest BCUT2D eigenvalue weighted by atomic mass is 32.1. The first-order chi connectivity index (χ1) is 13.2. The Balaban J connectivity index is 0.00000126. The predicted octanol–water partition coefficient (Wildman–Crippen LogP) is 2.14. The van der Waals surface area contributed by atoms with Crippen LogP contribution in [-0.2, 0) is 0 Å². The minimum absolute atomic E-state index is 0.123. The van der Waals surface area contributed by atoms with E-state index in [1.807, 2.05) is 6.07 Å². The Morgan fingerprint density at radius 1 is 1.48 bits per heavy atom. The van der Waals surface area contributed by atoms with Gasteiger partial charge in [0.2, 0.25) is 0 Å². The largest absolute Gasteiger partial charge is 0.356 e. The van der Waals surface area contributed by atoms with Gasteiger partial charge in [-0.2, -0.15) is 17.9 Å². The molecule has 1 atom stereocenters. The minimum atomic E-state index is -0.123. The van der Waals surface area contributed by atoms with E-state index in [0.29, 0.717) is 18.3 Å². The van der Waals surface area contributed by atoms with Crippen LogP contribution in [-0.4, -0.2) is 51.5 Å². The van der Waals surface area contributed by atoms with Crippen LogP contribution in [0.1, 0.15) is 18.7 Å². The van der Waals surface area contributed by atoms with Crippen molar-refractivity contribution >= 4 is 30.2 Å². The van der Waals surface area contributed by atoms with E-state index >= 15 is 0 Å². The van der Waals surface area contributed by atoms with E-state index in [2.05, 4.69) is 37.5 Å². The first-order valence-corrected chi connectivity index (χ1v) is 9.53. The highest BCUT2D eigenvalue weighted by Crippen LogP contribution is 2.24. The molecule has 1 unspecified atom stereocenters. The maximum Gasteiger partial charge on any atom is 0.132 e. The first-order valence-electron chi connectivity index (χ1n) is 8.63. The highest BCUT2D eigenvalue weighted by Gasteiger charge is 2.20. The zero-order valence-corrected chi connectivity index (χ0v) is 16.2. The van der Waals surface area contributed by atoms with Crippen LogP contribution in [0.15, 0.2) is 24.7 Å². The SMILES string of the molecule is CS.N#CC(=N)/C=C\c1ncc(-c2cc(N3CCCC(CN)C3)ncn2)[nH]1. The van der Waals surface area contributed by atoms with E-state index in [4.69, 9.17) is 16.4 Å². The van der Waals surface area contributed by atoms with E-state index in [1.165, 1.54) is 12.5 Å². The third-order valence-corrected chi connectivity index (χ3v) is 4.23. The maximum atomic E-state index is 8.60. The Morgan fingerprint density at radius 3 is 3.04 bits per heavy atom. The Morgan fingerprint density at radius 2 is 2.30 bits per heavy atom. The molecule has 0 radical (unpaired) electrons. The molecule has 2 aromatic rings. The van der Waals surface area contributed by atoms with Crippen molar-refractivity contribution < 1.29 is 0 Å². The number of H-pyrrole nitrogens is 1. The van der Waals surface area contributed by atoms with Crippen LogP contribution in [0.4, 0.5) is 5.82 Å². The fourth-order valence-electron chi connectivity index (χ4n) is 2.88. The molecule has 3 rings (SSSR count). The lowest BCUT2D eigenvalue weighted by Gasteiger charge is -2.33. The Labute approximate surface area is 164 Å². The average molecular weight is 385 g/mol. The van der Waals surface area contributed by atoms with Gasteiger partial charge in [-0.3, -0.25) is 5.41 Å². The van der Waals surface area contributed by atoms with Crippen LogP contribution in [0.25, 0.3) is 17.5 Å². The average Bonchev–Trinajstić information content (AvgIpc) is 3.22. The number of rotatable bonds is 5. The van der Waals surface area contributed by atoms with E-state index < -0.39 is 0 Å². The van der Waals surface area contributed by atoms with Crippen molar-refractivity contribution in [1.82, 2.24) is 19.9 Å². The molecule has 0 aliphatic carbocycles. The van der Waals surface area contributed by atoms with Crippen LogP contribution in [0.3, 0.4) is 0 Å². The van der Waals surface area contributed by atoms with Gasteiger partial charge >= 0.3 is 0 Å². The van der Waals surface area contributed by atoms with Gasteiger partial charge in [-0.25, -0.2) is 15.0 Å².